The van der Waals surface area contributed by atoms with Gasteiger partial charge in [-0.1, -0.05) is 0 Å². The van der Waals surface area contributed by atoms with Crippen molar-refractivity contribution in [1.82, 2.24) is 19.6 Å². The molecule has 0 bridgehead atoms. The summed E-state index contributed by atoms with van der Waals surface area (Å²) in [6, 6.07) is 0. The molecule has 2 aromatic heterocycles. The average Bonchev–Trinajstić information content (AvgIpc) is 2.94. The van der Waals surface area contributed by atoms with Crippen molar-refractivity contribution in [2.45, 2.75) is 32.0 Å². The molecule has 5 nitrogen and oxygen atoms in total. The Hall–Kier alpha value is -1.28. The van der Waals surface area contributed by atoms with Gasteiger partial charge in [0, 0.05) is 30.1 Å². The summed E-state index contributed by atoms with van der Waals surface area (Å²) in [5.74, 6) is 0.674. The Bertz CT molecular complexity index is 608. The van der Waals surface area contributed by atoms with Crippen molar-refractivity contribution < 1.29 is 13.9 Å². The van der Waals surface area contributed by atoms with Crippen molar-refractivity contribution in [2.24, 2.45) is 5.92 Å². The van der Waals surface area contributed by atoms with Crippen molar-refractivity contribution in [1.29, 1.82) is 0 Å². The molecule has 0 aliphatic heterocycles. The molecule has 1 saturated carbocycles. The first kappa shape index (κ1) is 13.7. The largest absolute Gasteiger partial charge is 0.383 e. The van der Waals surface area contributed by atoms with Gasteiger partial charge in [-0.15, -0.1) is 0 Å². The van der Waals surface area contributed by atoms with E-state index in [1.165, 1.54) is 12.8 Å². The van der Waals surface area contributed by atoms with E-state index in [1.54, 1.807) is 17.1 Å². The molecule has 0 radical (unpaired) electrons. The third-order valence-electron chi connectivity index (χ3n) is 3.32. The van der Waals surface area contributed by atoms with Crippen LogP contribution < -0.4 is 0 Å². The molecule has 2 heterocycles. The van der Waals surface area contributed by atoms with Crippen molar-refractivity contribution >= 4 is 15.9 Å². The summed E-state index contributed by atoms with van der Waals surface area (Å²) in [5.41, 5.74) is 0.872. The van der Waals surface area contributed by atoms with Crippen LogP contribution in [-0.4, -0.2) is 24.7 Å². The summed E-state index contributed by atoms with van der Waals surface area (Å²) >= 11 is 3.09. The Balaban J connectivity index is 1.80. The van der Waals surface area contributed by atoms with Crippen molar-refractivity contribution in [2.75, 3.05) is 0 Å². The molecule has 1 N–H and O–H groups in total. The summed E-state index contributed by atoms with van der Waals surface area (Å²) in [6.07, 6.45) is 5.84. The summed E-state index contributed by atoms with van der Waals surface area (Å²) in [4.78, 5) is 0. The zero-order valence-electron chi connectivity index (χ0n) is 10.5. The van der Waals surface area contributed by atoms with Crippen LogP contribution >= 0.6 is 15.9 Å². The van der Waals surface area contributed by atoms with Crippen LogP contribution in [0.3, 0.4) is 0 Å². The van der Waals surface area contributed by atoms with E-state index in [4.69, 9.17) is 0 Å². The molecule has 3 rings (SSSR count). The number of halogens is 3. The molecule has 1 aliphatic rings. The van der Waals surface area contributed by atoms with Crippen LogP contribution in [0.15, 0.2) is 23.2 Å². The highest BCUT2D eigenvalue weighted by Crippen LogP contribution is 2.32. The Labute approximate surface area is 122 Å². The summed E-state index contributed by atoms with van der Waals surface area (Å²) in [6.45, 7) is -1.89. The van der Waals surface area contributed by atoms with Gasteiger partial charge in [0.05, 0.1) is 6.20 Å². The van der Waals surface area contributed by atoms with Gasteiger partial charge >= 0.3 is 6.55 Å². The van der Waals surface area contributed by atoms with Crippen LogP contribution in [0.25, 0.3) is 0 Å². The SMILES string of the molecule is OC(c1cnn(CC2CC2)c1)c1cn(C(F)F)nc1Br. The molecule has 0 saturated heterocycles. The molecule has 1 unspecified atom stereocenters. The van der Waals surface area contributed by atoms with Gasteiger partial charge in [-0.25, -0.2) is 4.68 Å². The van der Waals surface area contributed by atoms with Gasteiger partial charge in [0.1, 0.15) is 10.7 Å². The van der Waals surface area contributed by atoms with Crippen LogP contribution in [-0.2, 0) is 6.54 Å². The second-order valence-electron chi connectivity index (χ2n) is 4.97. The highest BCUT2D eigenvalue weighted by atomic mass is 79.9. The van der Waals surface area contributed by atoms with Crippen LogP contribution in [0.1, 0.15) is 36.6 Å². The quantitative estimate of drug-likeness (QED) is 0.905. The number of aliphatic hydroxyl groups is 1. The molecule has 108 valence electrons. The van der Waals surface area contributed by atoms with Gasteiger partial charge in [-0.05, 0) is 34.7 Å². The van der Waals surface area contributed by atoms with Gasteiger partial charge in [0.2, 0.25) is 0 Å². The molecule has 2 aromatic rings. The number of alkyl halides is 2. The average molecular weight is 347 g/mol. The molecular formula is C12H13BrF2N4O. The van der Waals surface area contributed by atoms with Crippen LogP contribution in [0.2, 0.25) is 0 Å². The summed E-state index contributed by atoms with van der Waals surface area (Å²) in [5, 5.41) is 18.0. The molecule has 0 amide bonds. The normalized spacial score (nSPS) is 16.9. The minimum Gasteiger partial charge on any atom is -0.383 e. The van der Waals surface area contributed by atoms with E-state index in [2.05, 4.69) is 26.1 Å². The first-order chi connectivity index (χ1) is 9.54. The lowest BCUT2D eigenvalue weighted by Gasteiger charge is -2.05. The van der Waals surface area contributed by atoms with Gasteiger partial charge in [0.15, 0.2) is 0 Å². The molecule has 8 heteroatoms. The standard InChI is InChI=1S/C12H13BrF2N4O/c13-11-9(6-19(17-11)12(14)15)10(20)8-3-16-18(5-8)4-7-1-2-7/h3,5-7,10,12,20H,1-2,4H2. The molecular weight excluding hydrogens is 334 g/mol. The molecule has 0 spiro atoms. The Morgan fingerprint density at radius 1 is 1.40 bits per heavy atom. The second kappa shape index (κ2) is 5.25. The monoisotopic (exact) mass is 346 g/mol. The Kier molecular flexibility index (Phi) is 3.59. The van der Waals surface area contributed by atoms with Gasteiger partial charge in [0.25, 0.3) is 0 Å². The maximum atomic E-state index is 12.6. The van der Waals surface area contributed by atoms with E-state index in [-0.39, 0.29) is 4.60 Å². The number of rotatable bonds is 5. The van der Waals surface area contributed by atoms with E-state index in [0.717, 1.165) is 12.7 Å². The number of nitrogens with zero attached hydrogens (tertiary/aromatic N) is 4. The fraction of sp³-hybridized carbons (Fsp3) is 0.500. The number of hydrogen-bond acceptors (Lipinski definition) is 3. The predicted octanol–water partition coefficient (Wildman–Crippen LogP) is 2.73. The lowest BCUT2D eigenvalue weighted by atomic mass is 10.1. The highest BCUT2D eigenvalue weighted by molar-refractivity contribution is 9.10. The lowest BCUT2D eigenvalue weighted by Crippen LogP contribution is -2.01. The first-order valence-corrected chi connectivity index (χ1v) is 7.07. The zero-order valence-corrected chi connectivity index (χ0v) is 12.0. The number of aromatic nitrogens is 4. The van der Waals surface area contributed by atoms with E-state index in [1.807, 2.05) is 0 Å². The summed E-state index contributed by atoms with van der Waals surface area (Å²) in [7, 11) is 0. The van der Waals surface area contributed by atoms with Crippen molar-refractivity contribution in [3.63, 3.8) is 0 Å². The fourth-order valence-electron chi connectivity index (χ4n) is 2.03. The maximum absolute atomic E-state index is 12.6. The number of hydrogen-bond donors (Lipinski definition) is 1. The first-order valence-electron chi connectivity index (χ1n) is 6.27. The van der Waals surface area contributed by atoms with Crippen LogP contribution in [0, 0.1) is 5.92 Å². The van der Waals surface area contributed by atoms with Crippen molar-refractivity contribution in [3.05, 3.63) is 34.3 Å². The van der Waals surface area contributed by atoms with Gasteiger partial charge < -0.3 is 5.11 Å². The van der Waals surface area contributed by atoms with E-state index in [9.17, 15) is 13.9 Å². The molecule has 1 aliphatic carbocycles. The van der Waals surface area contributed by atoms with E-state index >= 15 is 0 Å². The van der Waals surface area contributed by atoms with Crippen LogP contribution in [0.4, 0.5) is 8.78 Å². The summed E-state index contributed by atoms with van der Waals surface area (Å²) < 4.78 is 27.6. The Morgan fingerprint density at radius 2 is 2.15 bits per heavy atom. The smallest absolute Gasteiger partial charge is 0.333 e. The third kappa shape index (κ3) is 2.76. The predicted molar refractivity (Wildman–Crippen MR) is 70.2 cm³/mol. The van der Waals surface area contributed by atoms with Gasteiger partial charge in [-0.2, -0.15) is 19.0 Å². The van der Waals surface area contributed by atoms with Crippen LogP contribution in [0.5, 0.6) is 0 Å². The zero-order chi connectivity index (χ0) is 14.3. The number of aliphatic hydroxyl groups excluding tert-OH is 1. The van der Waals surface area contributed by atoms with Gasteiger partial charge in [-0.3, -0.25) is 4.68 Å². The fourth-order valence-corrected chi connectivity index (χ4v) is 2.53. The van der Waals surface area contributed by atoms with E-state index < -0.39 is 12.7 Å². The molecule has 1 atom stereocenters. The topological polar surface area (TPSA) is 55.9 Å². The lowest BCUT2D eigenvalue weighted by molar-refractivity contribution is 0.0560. The van der Waals surface area contributed by atoms with Crippen molar-refractivity contribution in [3.8, 4) is 0 Å². The maximum Gasteiger partial charge on any atom is 0.333 e. The third-order valence-corrected chi connectivity index (χ3v) is 3.93. The Morgan fingerprint density at radius 3 is 2.75 bits per heavy atom. The van der Waals surface area contributed by atoms with E-state index in [0.29, 0.717) is 21.7 Å². The molecule has 0 aromatic carbocycles. The highest BCUT2D eigenvalue weighted by Gasteiger charge is 2.24. The molecule has 1 fully saturated rings. The second-order valence-corrected chi connectivity index (χ2v) is 5.73. The minimum atomic E-state index is -2.73. The minimum absolute atomic E-state index is 0.209. The molecule has 20 heavy (non-hydrogen) atoms.